The molecular formula is C21H19BrFN5O3. The molecule has 1 aliphatic rings. The SMILES string of the molecule is O=C(O)N1CCC[C@H](Nc2nccc(-c3cccnc3Oc3cccc(Br)c3F)n2)C1. The van der Waals surface area contributed by atoms with E-state index in [1.165, 1.54) is 11.0 Å². The molecule has 3 heterocycles. The highest BCUT2D eigenvalue weighted by Gasteiger charge is 2.24. The quantitative estimate of drug-likeness (QED) is 0.533. The highest BCUT2D eigenvalue weighted by atomic mass is 79.9. The topological polar surface area (TPSA) is 100 Å². The molecule has 0 unspecified atom stereocenters. The van der Waals surface area contributed by atoms with E-state index in [0.717, 1.165) is 12.8 Å². The fourth-order valence-corrected chi connectivity index (χ4v) is 3.71. The number of anilines is 1. The van der Waals surface area contributed by atoms with Gasteiger partial charge in [0.15, 0.2) is 11.6 Å². The first-order valence-corrected chi connectivity index (χ1v) is 10.5. The number of carboxylic acid groups (broad SMARTS) is 1. The van der Waals surface area contributed by atoms with Crippen LogP contribution in [0.5, 0.6) is 11.6 Å². The van der Waals surface area contributed by atoms with Gasteiger partial charge in [0.05, 0.1) is 15.7 Å². The number of piperidine rings is 1. The molecule has 1 fully saturated rings. The molecule has 1 amide bonds. The van der Waals surface area contributed by atoms with Crippen molar-refractivity contribution in [2.24, 2.45) is 0 Å². The minimum atomic E-state index is -0.932. The van der Waals surface area contributed by atoms with Gasteiger partial charge < -0.3 is 20.1 Å². The standard InChI is InChI=1S/C21H19BrFN5O3/c22-15-6-1-7-17(18(15)23)31-19-14(5-2-9-24-19)16-8-10-25-20(27-16)26-13-4-3-11-28(12-13)21(29)30/h1-2,5-10,13H,3-4,11-12H2,(H,29,30)(H,25,26,27)/t13-/m0/s1. The van der Waals surface area contributed by atoms with Gasteiger partial charge in [-0.15, -0.1) is 0 Å². The summed E-state index contributed by atoms with van der Waals surface area (Å²) in [6, 6.07) is 9.90. The summed E-state index contributed by atoms with van der Waals surface area (Å²) in [5.74, 6) is 0.0965. The summed E-state index contributed by atoms with van der Waals surface area (Å²) in [6.45, 7) is 0.892. The minimum Gasteiger partial charge on any atom is -0.465 e. The summed E-state index contributed by atoms with van der Waals surface area (Å²) in [6.07, 6.45) is 3.80. The number of ether oxygens (including phenoxy) is 1. The van der Waals surface area contributed by atoms with Gasteiger partial charge in [-0.1, -0.05) is 6.07 Å². The van der Waals surface area contributed by atoms with Crippen LogP contribution in [0.1, 0.15) is 12.8 Å². The molecule has 0 bridgehead atoms. The number of halogens is 2. The molecule has 0 radical (unpaired) electrons. The Morgan fingerprint density at radius 3 is 2.94 bits per heavy atom. The van der Waals surface area contributed by atoms with Gasteiger partial charge in [-0.3, -0.25) is 0 Å². The average molecular weight is 488 g/mol. The Hall–Kier alpha value is -3.27. The number of rotatable bonds is 5. The molecule has 31 heavy (non-hydrogen) atoms. The average Bonchev–Trinajstić information content (AvgIpc) is 2.78. The van der Waals surface area contributed by atoms with E-state index in [4.69, 9.17) is 4.74 Å². The van der Waals surface area contributed by atoms with Crippen molar-refractivity contribution in [3.05, 3.63) is 59.1 Å². The molecule has 2 aromatic heterocycles. The van der Waals surface area contributed by atoms with E-state index in [0.29, 0.717) is 34.8 Å². The first-order valence-electron chi connectivity index (χ1n) is 9.66. The molecule has 8 nitrogen and oxygen atoms in total. The molecule has 0 aliphatic carbocycles. The number of carbonyl (C=O) groups is 1. The van der Waals surface area contributed by atoms with Crippen molar-refractivity contribution in [1.82, 2.24) is 19.9 Å². The van der Waals surface area contributed by atoms with Gasteiger partial charge in [0, 0.05) is 31.5 Å². The molecule has 0 saturated carbocycles. The number of amides is 1. The van der Waals surface area contributed by atoms with E-state index in [1.807, 2.05) is 0 Å². The minimum absolute atomic E-state index is 0.0395. The number of benzene rings is 1. The second-order valence-electron chi connectivity index (χ2n) is 6.99. The fraction of sp³-hybridized carbons (Fsp3) is 0.238. The van der Waals surface area contributed by atoms with Crippen LogP contribution in [0.2, 0.25) is 0 Å². The van der Waals surface area contributed by atoms with Crippen LogP contribution in [0, 0.1) is 5.82 Å². The third-order valence-corrected chi connectivity index (χ3v) is 5.46. The second-order valence-corrected chi connectivity index (χ2v) is 7.84. The zero-order valence-electron chi connectivity index (χ0n) is 16.3. The summed E-state index contributed by atoms with van der Waals surface area (Å²) in [5, 5.41) is 12.4. The number of hydrogen-bond donors (Lipinski definition) is 2. The fourth-order valence-electron chi connectivity index (χ4n) is 3.36. The molecule has 1 aromatic carbocycles. The van der Waals surface area contributed by atoms with Gasteiger partial charge in [-0.2, -0.15) is 0 Å². The van der Waals surface area contributed by atoms with E-state index >= 15 is 0 Å². The summed E-state index contributed by atoms with van der Waals surface area (Å²) >= 11 is 3.15. The number of nitrogens with one attached hydrogen (secondary N) is 1. The van der Waals surface area contributed by atoms with Gasteiger partial charge in [0.25, 0.3) is 0 Å². The van der Waals surface area contributed by atoms with Crippen molar-refractivity contribution in [3.8, 4) is 22.9 Å². The van der Waals surface area contributed by atoms with E-state index in [2.05, 4.69) is 36.2 Å². The predicted molar refractivity (Wildman–Crippen MR) is 116 cm³/mol. The monoisotopic (exact) mass is 487 g/mol. The van der Waals surface area contributed by atoms with E-state index in [-0.39, 0.29) is 17.7 Å². The van der Waals surface area contributed by atoms with E-state index in [9.17, 15) is 14.3 Å². The highest BCUT2D eigenvalue weighted by Crippen LogP contribution is 2.33. The maximum atomic E-state index is 14.4. The Morgan fingerprint density at radius 1 is 1.23 bits per heavy atom. The molecule has 1 aliphatic heterocycles. The third-order valence-electron chi connectivity index (χ3n) is 4.85. The molecule has 160 valence electrons. The molecule has 0 spiro atoms. The van der Waals surface area contributed by atoms with Crippen LogP contribution in [0.15, 0.2) is 53.3 Å². The first kappa shape index (κ1) is 21.0. The Labute approximate surface area is 186 Å². The van der Waals surface area contributed by atoms with Crippen LogP contribution in [-0.2, 0) is 0 Å². The molecule has 1 saturated heterocycles. The van der Waals surface area contributed by atoms with Crippen molar-refractivity contribution >= 4 is 28.0 Å². The number of nitrogens with zero attached hydrogens (tertiary/aromatic N) is 4. The maximum Gasteiger partial charge on any atom is 0.407 e. The van der Waals surface area contributed by atoms with Gasteiger partial charge in [-0.05, 0) is 59.1 Å². The number of pyridine rings is 1. The lowest BCUT2D eigenvalue weighted by molar-refractivity contribution is 0.132. The lowest BCUT2D eigenvalue weighted by Crippen LogP contribution is -2.44. The molecule has 3 aromatic rings. The molecular weight excluding hydrogens is 469 g/mol. The summed E-state index contributed by atoms with van der Waals surface area (Å²) in [7, 11) is 0. The Balaban J connectivity index is 1.57. The number of likely N-dealkylation sites (tertiary alicyclic amines) is 1. The van der Waals surface area contributed by atoms with Crippen LogP contribution in [0.3, 0.4) is 0 Å². The number of hydrogen-bond acceptors (Lipinski definition) is 6. The highest BCUT2D eigenvalue weighted by molar-refractivity contribution is 9.10. The van der Waals surface area contributed by atoms with Crippen molar-refractivity contribution < 1.29 is 19.0 Å². The lowest BCUT2D eigenvalue weighted by Gasteiger charge is -2.31. The Morgan fingerprint density at radius 2 is 2.10 bits per heavy atom. The van der Waals surface area contributed by atoms with Crippen LogP contribution in [-0.4, -0.2) is 50.2 Å². The summed E-state index contributed by atoms with van der Waals surface area (Å²) in [4.78, 5) is 25.6. The zero-order chi connectivity index (χ0) is 21.8. The zero-order valence-corrected chi connectivity index (χ0v) is 17.9. The third kappa shape index (κ3) is 4.91. The van der Waals surface area contributed by atoms with Crippen molar-refractivity contribution in [2.75, 3.05) is 18.4 Å². The van der Waals surface area contributed by atoms with Gasteiger partial charge in [0.2, 0.25) is 11.8 Å². The molecule has 10 heteroatoms. The Kier molecular flexibility index (Phi) is 6.26. The van der Waals surface area contributed by atoms with Gasteiger partial charge >= 0.3 is 6.09 Å². The van der Waals surface area contributed by atoms with Gasteiger partial charge in [0.1, 0.15) is 0 Å². The van der Waals surface area contributed by atoms with Crippen molar-refractivity contribution in [3.63, 3.8) is 0 Å². The van der Waals surface area contributed by atoms with E-state index in [1.54, 1.807) is 42.7 Å². The molecule has 1 atom stereocenters. The van der Waals surface area contributed by atoms with Crippen LogP contribution in [0.4, 0.5) is 15.1 Å². The van der Waals surface area contributed by atoms with Crippen molar-refractivity contribution in [2.45, 2.75) is 18.9 Å². The number of aromatic nitrogens is 3. The smallest absolute Gasteiger partial charge is 0.407 e. The molecule has 2 N–H and O–H groups in total. The first-order chi connectivity index (χ1) is 15.0. The van der Waals surface area contributed by atoms with E-state index < -0.39 is 11.9 Å². The van der Waals surface area contributed by atoms with Crippen LogP contribution < -0.4 is 10.1 Å². The normalized spacial score (nSPS) is 16.1. The lowest BCUT2D eigenvalue weighted by atomic mass is 10.1. The predicted octanol–water partition coefficient (Wildman–Crippen LogP) is 4.79. The second kappa shape index (κ2) is 9.25. The van der Waals surface area contributed by atoms with Gasteiger partial charge in [-0.25, -0.2) is 24.1 Å². The van der Waals surface area contributed by atoms with Crippen molar-refractivity contribution in [1.29, 1.82) is 0 Å². The Bertz CT molecular complexity index is 1100. The summed E-state index contributed by atoms with van der Waals surface area (Å²) in [5.41, 5.74) is 1.12. The summed E-state index contributed by atoms with van der Waals surface area (Å²) < 4.78 is 20.4. The van der Waals surface area contributed by atoms with Crippen LogP contribution in [0.25, 0.3) is 11.3 Å². The molecule has 4 rings (SSSR count). The van der Waals surface area contributed by atoms with Crippen LogP contribution >= 0.6 is 15.9 Å². The largest absolute Gasteiger partial charge is 0.465 e. The maximum absolute atomic E-state index is 14.4.